The topological polar surface area (TPSA) is 98.1 Å². The van der Waals surface area contributed by atoms with E-state index >= 15 is 0 Å². The van der Waals surface area contributed by atoms with Crippen LogP contribution in [0.3, 0.4) is 0 Å². The molecule has 1 saturated heterocycles. The number of methoxy groups -OCH3 is 1. The van der Waals surface area contributed by atoms with Crippen LogP contribution in [0.15, 0.2) is 63.9 Å². The number of sulfonamides is 1. The summed E-state index contributed by atoms with van der Waals surface area (Å²) in [7, 11) is -2.25. The molecule has 0 atom stereocenters. The van der Waals surface area contributed by atoms with Gasteiger partial charge in [-0.1, -0.05) is 6.42 Å². The maximum absolute atomic E-state index is 13.0. The molecule has 2 heterocycles. The Labute approximate surface area is 197 Å². The molecule has 0 radical (unpaired) electrons. The van der Waals surface area contributed by atoms with Gasteiger partial charge in [-0.15, -0.1) is 0 Å². The minimum absolute atomic E-state index is 0.0176. The molecular formula is C24H25FN2O6S. The van der Waals surface area contributed by atoms with E-state index in [1.54, 1.807) is 6.07 Å². The van der Waals surface area contributed by atoms with Crippen molar-refractivity contribution in [1.29, 1.82) is 0 Å². The van der Waals surface area contributed by atoms with Gasteiger partial charge in [0.05, 0.1) is 17.7 Å². The van der Waals surface area contributed by atoms with E-state index in [1.165, 1.54) is 59.9 Å². The Morgan fingerprint density at radius 3 is 2.50 bits per heavy atom. The molecule has 3 aromatic rings. The lowest BCUT2D eigenvalue weighted by Crippen LogP contribution is -2.35. The highest BCUT2D eigenvalue weighted by molar-refractivity contribution is 7.89. The fraction of sp³-hybridized carbons (Fsp3) is 0.292. The summed E-state index contributed by atoms with van der Waals surface area (Å²) in [5, 5.41) is 2.66. The number of nitrogens with zero attached hydrogens (tertiary/aromatic N) is 1. The molecule has 8 nitrogen and oxygen atoms in total. The first kappa shape index (κ1) is 23.8. The zero-order valence-electron chi connectivity index (χ0n) is 18.6. The second kappa shape index (κ2) is 10.3. The molecule has 1 amide bonds. The van der Waals surface area contributed by atoms with Crippen LogP contribution in [0.25, 0.3) is 0 Å². The fourth-order valence-corrected chi connectivity index (χ4v) is 5.19. The van der Waals surface area contributed by atoms with Crippen molar-refractivity contribution in [3.05, 3.63) is 71.9 Å². The smallest absolute Gasteiger partial charge is 0.291 e. The number of benzene rings is 2. The molecule has 0 bridgehead atoms. The van der Waals surface area contributed by atoms with Gasteiger partial charge in [0.2, 0.25) is 10.0 Å². The molecule has 1 aliphatic heterocycles. The van der Waals surface area contributed by atoms with Gasteiger partial charge in [-0.3, -0.25) is 4.79 Å². The Bertz CT molecular complexity index is 1250. The average Bonchev–Trinajstić information content (AvgIpc) is 3.33. The molecule has 0 saturated carbocycles. The lowest BCUT2D eigenvalue weighted by atomic mass is 10.2. The maximum Gasteiger partial charge on any atom is 0.291 e. The first-order valence-corrected chi connectivity index (χ1v) is 12.3. The molecule has 0 unspecified atom stereocenters. The molecule has 1 aromatic heterocycles. The number of carbonyl (C=O) groups excluding carboxylic acids is 1. The van der Waals surface area contributed by atoms with Gasteiger partial charge in [0.25, 0.3) is 5.91 Å². The monoisotopic (exact) mass is 488 g/mol. The SMILES string of the molecule is COc1ccc(S(=O)(=O)N2CCCCC2)cc1NC(=O)c1ccc(COc2ccc(F)cc2)o1. The number of halogens is 1. The molecule has 1 fully saturated rings. The molecule has 0 aliphatic carbocycles. The molecule has 0 spiro atoms. The Kier molecular flexibility index (Phi) is 7.18. The van der Waals surface area contributed by atoms with Crippen molar-refractivity contribution in [2.75, 3.05) is 25.5 Å². The van der Waals surface area contributed by atoms with Crippen LogP contribution in [0.5, 0.6) is 11.5 Å². The van der Waals surface area contributed by atoms with Crippen LogP contribution in [-0.4, -0.2) is 38.8 Å². The average molecular weight is 489 g/mol. The number of amides is 1. The van der Waals surface area contributed by atoms with Gasteiger partial charge in [0.15, 0.2) is 5.76 Å². The summed E-state index contributed by atoms with van der Waals surface area (Å²) >= 11 is 0. The zero-order chi connectivity index (χ0) is 24.1. The van der Waals surface area contributed by atoms with Gasteiger partial charge >= 0.3 is 0 Å². The summed E-state index contributed by atoms with van der Waals surface area (Å²) in [5.74, 6) is 0.246. The maximum atomic E-state index is 13.0. The Morgan fingerprint density at radius 1 is 1.06 bits per heavy atom. The highest BCUT2D eigenvalue weighted by Crippen LogP contribution is 2.30. The molecule has 4 rings (SSSR count). The van der Waals surface area contributed by atoms with Crippen LogP contribution in [0.1, 0.15) is 35.6 Å². The quantitative estimate of drug-likeness (QED) is 0.504. The number of hydrogen-bond donors (Lipinski definition) is 1. The van der Waals surface area contributed by atoms with E-state index in [4.69, 9.17) is 13.9 Å². The van der Waals surface area contributed by atoms with Crippen LogP contribution in [0.2, 0.25) is 0 Å². The van der Waals surface area contributed by atoms with Crippen molar-refractivity contribution < 1.29 is 31.5 Å². The lowest BCUT2D eigenvalue weighted by Gasteiger charge is -2.26. The summed E-state index contributed by atoms with van der Waals surface area (Å²) < 4.78 is 56.9. The summed E-state index contributed by atoms with van der Waals surface area (Å²) in [6.45, 7) is 1.00. The second-order valence-electron chi connectivity index (χ2n) is 7.79. The van der Waals surface area contributed by atoms with Crippen LogP contribution in [0, 0.1) is 5.82 Å². The predicted molar refractivity (Wildman–Crippen MR) is 123 cm³/mol. The van der Waals surface area contributed by atoms with E-state index in [0.29, 0.717) is 30.3 Å². The number of piperidine rings is 1. The fourth-order valence-electron chi connectivity index (χ4n) is 3.65. The van der Waals surface area contributed by atoms with Gasteiger partial charge < -0.3 is 19.2 Å². The van der Waals surface area contributed by atoms with Crippen LogP contribution in [0.4, 0.5) is 10.1 Å². The third-order valence-electron chi connectivity index (χ3n) is 5.45. The molecule has 34 heavy (non-hydrogen) atoms. The van der Waals surface area contributed by atoms with Crippen molar-refractivity contribution in [2.45, 2.75) is 30.8 Å². The van der Waals surface area contributed by atoms with Gasteiger partial charge in [-0.05, 0) is 67.4 Å². The highest BCUT2D eigenvalue weighted by Gasteiger charge is 2.27. The molecule has 10 heteroatoms. The largest absolute Gasteiger partial charge is 0.495 e. The van der Waals surface area contributed by atoms with Crippen molar-refractivity contribution in [1.82, 2.24) is 4.31 Å². The number of ether oxygens (including phenoxy) is 2. The van der Waals surface area contributed by atoms with Crippen molar-refractivity contribution in [2.24, 2.45) is 0 Å². The van der Waals surface area contributed by atoms with Gasteiger partial charge in [-0.25, -0.2) is 12.8 Å². The normalized spacial score (nSPS) is 14.5. The van der Waals surface area contributed by atoms with E-state index in [-0.39, 0.29) is 28.8 Å². The standard InChI is InChI=1S/C24H25FN2O6S/c1-31-22-12-10-20(34(29,30)27-13-3-2-4-14-27)15-21(22)26-24(28)23-11-9-19(33-23)16-32-18-7-5-17(25)6-8-18/h5-12,15H,2-4,13-14,16H2,1H3,(H,26,28). The van der Waals surface area contributed by atoms with E-state index < -0.39 is 15.9 Å². The van der Waals surface area contributed by atoms with E-state index in [9.17, 15) is 17.6 Å². The summed E-state index contributed by atoms with van der Waals surface area (Å²) in [5.41, 5.74) is 0.214. The van der Waals surface area contributed by atoms with Crippen molar-refractivity contribution in [3.8, 4) is 11.5 Å². The third kappa shape index (κ3) is 5.40. The highest BCUT2D eigenvalue weighted by atomic mass is 32.2. The molecule has 180 valence electrons. The van der Waals surface area contributed by atoms with E-state index in [1.807, 2.05) is 0 Å². The minimum Gasteiger partial charge on any atom is -0.495 e. The van der Waals surface area contributed by atoms with E-state index in [2.05, 4.69) is 5.32 Å². The van der Waals surface area contributed by atoms with Gasteiger partial charge in [0, 0.05) is 13.1 Å². The lowest BCUT2D eigenvalue weighted by molar-refractivity contribution is 0.0992. The van der Waals surface area contributed by atoms with Crippen LogP contribution in [-0.2, 0) is 16.6 Å². The number of anilines is 1. The third-order valence-corrected chi connectivity index (χ3v) is 7.35. The second-order valence-corrected chi connectivity index (χ2v) is 9.73. The van der Waals surface area contributed by atoms with E-state index in [0.717, 1.165) is 19.3 Å². The van der Waals surface area contributed by atoms with Gasteiger partial charge in [-0.2, -0.15) is 4.31 Å². The first-order chi connectivity index (χ1) is 16.4. The molecule has 2 aromatic carbocycles. The van der Waals surface area contributed by atoms with Crippen molar-refractivity contribution >= 4 is 21.6 Å². The Hall–Kier alpha value is -3.37. The van der Waals surface area contributed by atoms with Crippen molar-refractivity contribution in [3.63, 3.8) is 0 Å². The number of rotatable bonds is 8. The Balaban J connectivity index is 1.47. The molecular weight excluding hydrogens is 463 g/mol. The summed E-state index contributed by atoms with van der Waals surface area (Å²) in [4.78, 5) is 12.8. The Morgan fingerprint density at radius 2 is 1.79 bits per heavy atom. The summed E-state index contributed by atoms with van der Waals surface area (Å²) in [6, 6.07) is 13.0. The number of nitrogens with one attached hydrogen (secondary N) is 1. The summed E-state index contributed by atoms with van der Waals surface area (Å²) in [6.07, 6.45) is 2.66. The van der Waals surface area contributed by atoms with Crippen LogP contribution >= 0.6 is 0 Å². The first-order valence-electron chi connectivity index (χ1n) is 10.8. The molecule has 1 aliphatic rings. The number of carbonyl (C=O) groups is 1. The zero-order valence-corrected chi connectivity index (χ0v) is 19.4. The minimum atomic E-state index is -3.68. The number of hydrogen-bond acceptors (Lipinski definition) is 6. The van der Waals surface area contributed by atoms with Crippen LogP contribution < -0.4 is 14.8 Å². The van der Waals surface area contributed by atoms with Gasteiger partial charge in [0.1, 0.15) is 29.7 Å². The molecule has 1 N–H and O–H groups in total. The number of furan rings is 1. The predicted octanol–water partition coefficient (Wildman–Crippen LogP) is 4.43.